The van der Waals surface area contributed by atoms with Crippen LogP contribution in [-0.2, 0) is 23.9 Å². The van der Waals surface area contributed by atoms with Crippen molar-refractivity contribution >= 4 is 16.9 Å². The maximum absolute atomic E-state index is 13.3. The zero-order valence-corrected chi connectivity index (χ0v) is 14.8. The fourth-order valence-corrected chi connectivity index (χ4v) is 3.02. The molecule has 3 rings (SSSR count). The minimum absolute atomic E-state index is 0.151. The van der Waals surface area contributed by atoms with Gasteiger partial charge < -0.3 is 9.88 Å². The molecule has 0 aliphatic heterocycles. The summed E-state index contributed by atoms with van der Waals surface area (Å²) in [6, 6.07) is 16.0. The van der Waals surface area contributed by atoms with Gasteiger partial charge in [-0.15, -0.1) is 0 Å². The molecule has 0 radical (unpaired) electrons. The van der Waals surface area contributed by atoms with E-state index in [-0.39, 0.29) is 17.1 Å². The molecule has 3 aromatic rings. The third-order valence-corrected chi connectivity index (χ3v) is 4.33. The van der Waals surface area contributed by atoms with Crippen LogP contribution in [0.5, 0.6) is 0 Å². The topological polar surface area (TPSA) is 46.9 Å². The van der Waals surface area contributed by atoms with E-state index in [0.717, 1.165) is 16.6 Å². The number of rotatable bonds is 6. The van der Waals surface area contributed by atoms with E-state index in [0.29, 0.717) is 6.42 Å². The Morgan fingerprint density at radius 1 is 1.11 bits per heavy atom. The molecule has 1 aromatic heterocycles. The summed E-state index contributed by atoms with van der Waals surface area (Å²) in [5.41, 5.74) is 1.66. The molecule has 4 nitrogen and oxygen atoms in total. The Bertz CT molecular complexity index is 919. The van der Waals surface area contributed by atoms with Crippen molar-refractivity contribution in [2.45, 2.75) is 38.5 Å². The van der Waals surface area contributed by atoms with Crippen molar-refractivity contribution in [3.05, 3.63) is 66.0 Å². The lowest BCUT2D eigenvalue weighted by Crippen LogP contribution is -2.36. The minimum Gasteiger partial charge on any atom is -0.352 e. The molecule has 0 bridgehead atoms. The van der Waals surface area contributed by atoms with Gasteiger partial charge in [-0.05, 0) is 37.5 Å². The highest BCUT2D eigenvalue weighted by Crippen LogP contribution is 2.31. The van der Waals surface area contributed by atoms with Crippen molar-refractivity contribution in [3.63, 3.8) is 0 Å². The first kappa shape index (κ1) is 18.9. The van der Waals surface area contributed by atoms with Gasteiger partial charge in [0.25, 0.3) is 0 Å². The number of aromatic nitrogens is 2. The van der Waals surface area contributed by atoms with Crippen LogP contribution in [0.25, 0.3) is 11.0 Å². The normalized spacial score (nSPS) is 12.9. The zero-order valence-electron chi connectivity index (χ0n) is 14.8. The molecule has 1 amide bonds. The van der Waals surface area contributed by atoms with Crippen LogP contribution >= 0.6 is 0 Å². The van der Waals surface area contributed by atoms with Gasteiger partial charge >= 0.3 is 6.18 Å². The van der Waals surface area contributed by atoms with Gasteiger partial charge in [0.15, 0.2) is 0 Å². The summed E-state index contributed by atoms with van der Waals surface area (Å²) in [6.07, 6.45) is -3.14. The Morgan fingerprint density at radius 2 is 1.78 bits per heavy atom. The molecule has 0 spiro atoms. The molecule has 0 saturated heterocycles. The number of hydrogen-bond acceptors (Lipinski definition) is 2. The average molecular weight is 375 g/mol. The lowest BCUT2D eigenvalue weighted by molar-refractivity contribution is -0.147. The van der Waals surface area contributed by atoms with Crippen LogP contribution in [0.4, 0.5) is 13.2 Å². The van der Waals surface area contributed by atoms with Crippen LogP contribution in [0.1, 0.15) is 24.7 Å². The van der Waals surface area contributed by atoms with Crippen LogP contribution < -0.4 is 5.32 Å². The Labute approximate surface area is 155 Å². The summed E-state index contributed by atoms with van der Waals surface area (Å²) in [5.74, 6) is -1.53. The molecule has 7 heteroatoms. The summed E-state index contributed by atoms with van der Waals surface area (Å²) in [5, 5.41) is 2.78. The van der Waals surface area contributed by atoms with Gasteiger partial charge in [0.1, 0.15) is 6.54 Å². The summed E-state index contributed by atoms with van der Waals surface area (Å²) in [7, 11) is 0. The lowest BCUT2D eigenvalue weighted by atomic mass is 10.1. The number of benzene rings is 2. The quantitative estimate of drug-likeness (QED) is 0.702. The fourth-order valence-electron chi connectivity index (χ4n) is 3.02. The molecule has 1 heterocycles. The molecule has 0 saturated carbocycles. The maximum atomic E-state index is 13.3. The van der Waals surface area contributed by atoms with E-state index >= 15 is 0 Å². The summed E-state index contributed by atoms with van der Waals surface area (Å²) >= 11 is 0. The lowest BCUT2D eigenvalue weighted by Gasteiger charge is -2.16. The number of para-hydroxylation sites is 2. The Hall–Kier alpha value is -2.83. The molecule has 27 heavy (non-hydrogen) atoms. The molecule has 2 aromatic carbocycles. The largest absolute Gasteiger partial charge is 0.449 e. The van der Waals surface area contributed by atoms with Gasteiger partial charge in [0.05, 0.1) is 11.0 Å². The van der Waals surface area contributed by atoms with Crippen molar-refractivity contribution in [2.75, 3.05) is 0 Å². The van der Waals surface area contributed by atoms with Crippen molar-refractivity contribution in [1.29, 1.82) is 0 Å². The molecule has 1 N–H and O–H groups in total. The summed E-state index contributed by atoms with van der Waals surface area (Å²) < 4.78 is 40.8. The van der Waals surface area contributed by atoms with Gasteiger partial charge in [-0.1, -0.05) is 42.5 Å². The summed E-state index contributed by atoms with van der Waals surface area (Å²) in [4.78, 5) is 16.0. The molecule has 0 fully saturated rings. The van der Waals surface area contributed by atoms with E-state index in [2.05, 4.69) is 10.3 Å². The second kappa shape index (κ2) is 7.82. The van der Waals surface area contributed by atoms with Gasteiger partial charge in [0, 0.05) is 6.04 Å². The van der Waals surface area contributed by atoms with E-state index in [1.54, 1.807) is 12.1 Å². The van der Waals surface area contributed by atoms with Gasteiger partial charge in [0.2, 0.25) is 11.7 Å². The Balaban J connectivity index is 1.68. The molecule has 142 valence electrons. The van der Waals surface area contributed by atoms with Crippen molar-refractivity contribution in [2.24, 2.45) is 0 Å². The molecular formula is C20H20F3N3O. The third-order valence-electron chi connectivity index (χ3n) is 4.33. The van der Waals surface area contributed by atoms with Crippen LogP contribution in [0.2, 0.25) is 0 Å². The standard InChI is InChI=1S/C20H20F3N3O/c1-14(11-12-15-7-3-2-4-8-15)24-18(27)13-26-17-10-6-5-9-16(17)25-19(26)20(21,22)23/h2-10,14H,11-13H2,1H3,(H,24,27). The van der Waals surface area contributed by atoms with E-state index in [4.69, 9.17) is 0 Å². The Morgan fingerprint density at radius 3 is 2.48 bits per heavy atom. The van der Waals surface area contributed by atoms with Gasteiger partial charge in [-0.2, -0.15) is 13.2 Å². The predicted octanol–water partition coefficient (Wildman–Crippen LogP) is 4.19. The van der Waals surface area contributed by atoms with Crippen LogP contribution in [0.3, 0.4) is 0 Å². The van der Waals surface area contributed by atoms with E-state index in [9.17, 15) is 18.0 Å². The number of halogens is 3. The first-order valence-electron chi connectivity index (χ1n) is 8.70. The van der Waals surface area contributed by atoms with E-state index in [1.165, 1.54) is 12.1 Å². The van der Waals surface area contributed by atoms with Crippen molar-refractivity contribution in [1.82, 2.24) is 14.9 Å². The second-order valence-corrected chi connectivity index (χ2v) is 6.50. The molecule has 0 aliphatic rings. The van der Waals surface area contributed by atoms with Crippen LogP contribution in [0, 0.1) is 0 Å². The van der Waals surface area contributed by atoms with Gasteiger partial charge in [-0.3, -0.25) is 4.79 Å². The number of fused-ring (bicyclic) bond motifs is 1. The third kappa shape index (κ3) is 4.67. The number of imidazole rings is 1. The molecule has 1 unspecified atom stereocenters. The monoisotopic (exact) mass is 375 g/mol. The highest BCUT2D eigenvalue weighted by molar-refractivity contribution is 5.81. The highest BCUT2D eigenvalue weighted by Gasteiger charge is 2.38. The van der Waals surface area contributed by atoms with E-state index < -0.39 is 24.5 Å². The predicted molar refractivity (Wildman–Crippen MR) is 97.1 cm³/mol. The second-order valence-electron chi connectivity index (χ2n) is 6.50. The number of hydrogen-bond donors (Lipinski definition) is 1. The number of alkyl halides is 3. The maximum Gasteiger partial charge on any atom is 0.449 e. The number of carbonyl (C=O) groups is 1. The fraction of sp³-hybridized carbons (Fsp3) is 0.300. The van der Waals surface area contributed by atoms with Crippen LogP contribution in [-0.4, -0.2) is 21.5 Å². The van der Waals surface area contributed by atoms with Crippen molar-refractivity contribution < 1.29 is 18.0 Å². The van der Waals surface area contributed by atoms with Crippen molar-refractivity contribution in [3.8, 4) is 0 Å². The molecule has 1 atom stereocenters. The molecular weight excluding hydrogens is 355 g/mol. The number of amides is 1. The van der Waals surface area contributed by atoms with Gasteiger partial charge in [-0.25, -0.2) is 4.98 Å². The Kier molecular flexibility index (Phi) is 5.48. The first-order valence-corrected chi connectivity index (χ1v) is 8.70. The van der Waals surface area contributed by atoms with E-state index in [1.807, 2.05) is 37.3 Å². The minimum atomic E-state index is -4.63. The SMILES string of the molecule is CC(CCc1ccccc1)NC(=O)Cn1c(C(F)(F)F)nc2ccccc21. The molecule has 0 aliphatic carbocycles. The van der Waals surface area contributed by atoms with Crippen LogP contribution in [0.15, 0.2) is 54.6 Å². The number of aryl methyl sites for hydroxylation is 1. The number of nitrogens with one attached hydrogen (secondary N) is 1. The highest BCUT2D eigenvalue weighted by atomic mass is 19.4. The summed E-state index contributed by atoms with van der Waals surface area (Å²) in [6.45, 7) is 1.42. The number of carbonyl (C=O) groups excluding carboxylic acids is 1. The first-order chi connectivity index (χ1) is 12.8. The smallest absolute Gasteiger partial charge is 0.352 e. The number of nitrogens with zero attached hydrogens (tertiary/aromatic N) is 2. The zero-order chi connectivity index (χ0) is 19.4. The average Bonchev–Trinajstić information content (AvgIpc) is 3.00.